The number of rotatable bonds is 3. The molecule has 3 rings (SSSR count). The topological polar surface area (TPSA) is 111 Å². The van der Waals surface area contributed by atoms with Gasteiger partial charge >= 0.3 is 5.97 Å². The first kappa shape index (κ1) is 12.0. The fourth-order valence-corrected chi connectivity index (χ4v) is 1.95. The van der Waals surface area contributed by atoms with Gasteiger partial charge in [-0.15, -0.1) is 0 Å². The molecule has 0 atom stereocenters. The van der Waals surface area contributed by atoms with Crippen molar-refractivity contribution in [3.63, 3.8) is 0 Å². The van der Waals surface area contributed by atoms with E-state index in [9.17, 15) is 9.59 Å². The van der Waals surface area contributed by atoms with Crippen molar-refractivity contribution >= 4 is 28.6 Å². The van der Waals surface area contributed by atoms with Gasteiger partial charge in [-0.2, -0.15) is 5.10 Å². The van der Waals surface area contributed by atoms with E-state index in [1.54, 1.807) is 18.3 Å². The van der Waals surface area contributed by atoms with Crippen LogP contribution >= 0.6 is 0 Å². The number of anilines is 1. The molecule has 0 aliphatic heterocycles. The van der Waals surface area contributed by atoms with Gasteiger partial charge in [0.05, 0.1) is 11.1 Å². The molecule has 20 heavy (non-hydrogen) atoms. The Morgan fingerprint density at radius 2 is 2.10 bits per heavy atom. The predicted molar refractivity (Wildman–Crippen MR) is 71.8 cm³/mol. The van der Waals surface area contributed by atoms with Gasteiger partial charge in [0.1, 0.15) is 5.69 Å². The maximum absolute atomic E-state index is 12.2. The Bertz CT molecular complexity index is 803. The number of para-hydroxylation sites is 1. The molecule has 0 bridgehead atoms. The zero-order chi connectivity index (χ0) is 14.1. The van der Waals surface area contributed by atoms with Crippen molar-refractivity contribution in [2.45, 2.75) is 0 Å². The van der Waals surface area contributed by atoms with Crippen molar-refractivity contribution in [1.29, 1.82) is 0 Å². The minimum Gasteiger partial charge on any atom is -0.477 e. The first-order valence-corrected chi connectivity index (χ1v) is 5.81. The fourth-order valence-electron chi connectivity index (χ4n) is 1.95. The summed E-state index contributed by atoms with van der Waals surface area (Å²) in [5.41, 5.74) is 1.10. The lowest BCUT2D eigenvalue weighted by Gasteiger charge is -2.03. The smallest absolute Gasteiger partial charge is 0.353 e. The highest BCUT2D eigenvalue weighted by Crippen LogP contribution is 2.18. The molecular weight excluding hydrogens is 260 g/mol. The van der Waals surface area contributed by atoms with E-state index in [1.165, 1.54) is 6.07 Å². The highest BCUT2D eigenvalue weighted by atomic mass is 16.4. The van der Waals surface area contributed by atoms with E-state index in [-0.39, 0.29) is 17.4 Å². The van der Waals surface area contributed by atoms with Gasteiger partial charge in [0.25, 0.3) is 5.91 Å². The van der Waals surface area contributed by atoms with Crippen molar-refractivity contribution < 1.29 is 14.7 Å². The summed E-state index contributed by atoms with van der Waals surface area (Å²) in [5.74, 6) is -1.33. The largest absolute Gasteiger partial charge is 0.477 e. The number of carboxylic acids is 1. The van der Waals surface area contributed by atoms with Crippen molar-refractivity contribution in [3.05, 3.63) is 47.8 Å². The number of amides is 1. The summed E-state index contributed by atoms with van der Waals surface area (Å²) in [6.07, 6.45) is 1.75. The highest BCUT2D eigenvalue weighted by molar-refractivity contribution is 6.11. The molecule has 2 aromatic heterocycles. The van der Waals surface area contributed by atoms with Crippen LogP contribution in [0.1, 0.15) is 20.8 Å². The zero-order valence-corrected chi connectivity index (χ0v) is 10.2. The predicted octanol–water partition coefficient (Wildman–Crippen LogP) is 1.84. The third kappa shape index (κ3) is 2.01. The van der Waals surface area contributed by atoms with E-state index in [2.05, 4.69) is 20.5 Å². The maximum Gasteiger partial charge on any atom is 0.353 e. The number of carboxylic acid groups (broad SMARTS) is 1. The number of aromatic carboxylic acids is 1. The molecular formula is C13H10N4O3. The molecule has 0 aliphatic rings. The normalized spacial score (nSPS) is 10.6. The lowest BCUT2D eigenvalue weighted by atomic mass is 10.1. The Kier molecular flexibility index (Phi) is 2.72. The summed E-state index contributed by atoms with van der Waals surface area (Å²) in [4.78, 5) is 25.9. The summed E-state index contributed by atoms with van der Waals surface area (Å²) in [7, 11) is 0. The molecule has 100 valence electrons. The molecule has 7 heteroatoms. The van der Waals surface area contributed by atoms with Crippen LogP contribution in [0.2, 0.25) is 0 Å². The molecule has 1 aromatic carbocycles. The Hall–Kier alpha value is -3.09. The molecule has 0 radical (unpaired) electrons. The molecule has 0 aliphatic carbocycles. The van der Waals surface area contributed by atoms with Crippen LogP contribution in [0.4, 0.5) is 5.82 Å². The zero-order valence-electron chi connectivity index (χ0n) is 10.2. The Labute approximate surface area is 112 Å². The molecule has 7 nitrogen and oxygen atoms in total. The molecule has 3 aromatic rings. The molecule has 0 saturated heterocycles. The number of fused-ring (bicyclic) bond motifs is 1. The van der Waals surface area contributed by atoms with Crippen molar-refractivity contribution in [3.8, 4) is 0 Å². The standard InChI is InChI=1S/C13H10N4O3/c18-12(15-10-6-9(13(19)20)16-17-10)8-3-1-2-7-4-5-14-11(7)8/h1-6,14H,(H,19,20)(H2,15,16,17,18). The van der Waals surface area contributed by atoms with Gasteiger partial charge in [0.15, 0.2) is 5.82 Å². The molecule has 0 unspecified atom stereocenters. The third-order valence-electron chi connectivity index (χ3n) is 2.88. The second-order valence-electron chi connectivity index (χ2n) is 4.17. The van der Waals surface area contributed by atoms with E-state index >= 15 is 0 Å². The van der Waals surface area contributed by atoms with E-state index in [1.807, 2.05) is 12.1 Å². The number of nitrogens with one attached hydrogen (secondary N) is 3. The van der Waals surface area contributed by atoms with Crippen LogP contribution < -0.4 is 5.32 Å². The van der Waals surface area contributed by atoms with Crippen LogP contribution in [-0.2, 0) is 0 Å². The van der Waals surface area contributed by atoms with E-state index in [0.717, 1.165) is 10.9 Å². The van der Waals surface area contributed by atoms with Crippen LogP contribution in [0, 0.1) is 0 Å². The number of hydrogen-bond acceptors (Lipinski definition) is 3. The van der Waals surface area contributed by atoms with E-state index in [4.69, 9.17) is 5.11 Å². The van der Waals surface area contributed by atoms with Crippen LogP contribution in [0.3, 0.4) is 0 Å². The molecule has 0 spiro atoms. The van der Waals surface area contributed by atoms with Crippen LogP contribution in [0.25, 0.3) is 10.9 Å². The number of carbonyl (C=O) groups is 2. The summed E-state index contributed by atoms with van der Waals surface area (Å²) >= 11 is 0. The summed E-state index contributed by atoms with van der Waals surface area (Å²) in [6, 6.07) is 8.47. The Balaban J connectivity index is 1.89. The highest BCUT2D eigenvalue weighted by Gasteiger charge is 2.14. The van der Waals surface area contributed by atoms with Crippen LogP contribution in [-0.4, -0.2) is 32.2 Å². The van der Waals surface area contributed by atoms with Crippen molar-refractivity contribution in [2.75, 3.05) is 5.32 Å². The van der Waals surface area contributed by atoms with Crippen molar-refractivity contribution in [2.24, 2.45) is 0 Å². The molecule has 4 N–H and O–H groups in total. The van der Waals surface area contributed by atoms with Crippen molar-refractivity contribution in [1.82, 2.24) is 15.2 Å². The quantitative estimate of drug-likeness (QED) is 0.581. The molecule has 0 saturated carbocycles. The average molecular weight is 270 g/mol. The average Bonchev–Trinajstić information content (AvgIpc) is 3.05. The monoisotopic (exact) mass is 270 g/mol. The lowest BCUT2D eigenvalue weighted by molar-refractivity contribution is 0.0690. The Morgan fingerprint density at radius 3 is 2.85 bits per heavy atom. The number of hydrogen-bond donors (Lipinski definition) is 4. The number of carbonyl (C=O) groups excluding carboxylic acids is 1. The van der Waals surface area contributed by atoms with Gasteiger partial charge in [-0.1, -0.05) is 12.1 Å². The van der Waals surface area contributed by atoms with Gasteiger partial charge in [0, 0.05) is 17.6 Å². The second kappa shape index (κ2) is 4.54. The maximum atomic E-state index is 12.2. The van der Waals surface area contributed by atoms with Gasteiger partial charge in [-0.05, 0) is 12.1 Å². The minimum absolute atomic E-state index is 0.0848. The number of benzene rings is 1. The third-order valence-corrected chi connectivity index (χ3v) is 2.88. The number of aromatic nitrogens is 3. The summed E-state index contributed by atoms with van der Waals surface area (Å²) in [5, 5.41) is 18.3. The minimum atomic E-state index is -1.13. The SMILES string of the molecule is O=C(O)c1cc(NC(=O)c2cccc3cc[nH]c23)n[nH]1. The summed E-state index contributed by atoms with van der Waals surface area (Å²) < 4.78 is 0. The van der Waals surface area contributed by atoms with Gasteiger partial charge < -0.3 is 15.4 Å². The Morgan fingerprint density at radius 1 is 1.25 bits per heavy atom. The van der Waals surface area contributed by atoms with Crippen LogP contribution in [0.5, 0.6) is 0 Å². The first-order valence-electron chi connectivity index (χ1n) is 5.81. The van der Waals surface area contributed by atoms with Gasteiger partial charge in [-0.3, -0.25) is 9.89 Å². The second-order valence-corrected chi connectivity index (χ2v) is 4.17. The number of H-pyrrole nitrogens is 2. The molecule has 1 amide bonds. The summed E-state index contributed by atoms with van der Waals surface area (Å²) in [6.45, 7) is 0. The van der Waals surface area contributed by atoms with Crippen LogP contribution in [0.15, 0.2) is 36.5 Å². The van der Waals surface area contributed by atoms with Gasteiger partial charge in [0.2, 0.25) is 0 Å². The van der Waals surface area contributed by atoms with Gasteiger partial charge in [-0.25, -0.2) is 4.79 Å². The molecule has 0 fully saturated rings. The number of nitrogens with zero attached hydrogens (tertiary/aromatic N) is 1. The first-order chi connectivity index (χ1) is 9.65. The number of aromatic amines is 2. The fraction of sp³-hybridized carbons (Fsp3) is 0. The van der Waals surface area contributed by atoms with E-state index < -0.39 is 5.97 Å². The van der Waals surface area contributed by atoms with E-state index in [0.29, 0.717) is 5.56 Å². The lowest BCUT2D eigenvalue weighted by Crippen LogP contribution is -2.12. The molecule has 2 heterocycles.